The fourth-order valence-corrected chi connectivity index (χ4v) is 3.34. The highest BCUT2D eigenvalue weighted by Gasteiger charge is 2.32. The summed E-state index contributed by atoms with van der Waals surface area (Å²) in [7, 11) is 0. The number of rotatable bonds is 3. The molecule has 2 rings (SSSR count). The topological polar surface area (TPSA) is 69.6 Å². The van der Waals surface area contributed by atoms with Crippen molar-refractivity contribution in [1.82, 2.24) is 10.2 Å². The predicted molar refractivity (Wildman–Crippen MR) is 80.5 cm³/mol. The fourth-order valence-electron chi connectivity index (χ4n) is 3.34. The molecule has 120 valence electrons. The van der Waals surface area contributed by atoms with Gasteiger partial charge in [0.05, 0.1) is 18.1 Å². The lowest BCUT2D eigenvalue weighted by Gasteiger charge is -2.35. The molecule has 2 amide bonds. The van der Waals surface area contributed by atoms with Gasteiger partial charge >= 0.3 is 0 Å². The van der Waals surface area contributed by atoms with E-state index in [1.54, 1.807) is 0 Å². The summed E-state index contributed by atoms with van der Waals surface area (Å²) in [4.78, 5) is 26.3. The molecule has 0 spiro atoms. The van der Waals surface area contributed by atoms with Crippen LogP contribution < -0.4 is 5.32 Å². The Morgan fingerprint density at radius 2 is 1.86 bits per heavy atom. The quantitative estimate of drug-likeness (QED) is 0.825. The van der Waals surface area contributed by atoms with Gasteiger partial charge in [0.2, 0.25) is 11.8 Å². The molecule has 2 fully saturated rings. The third kappa shape index (κ3) is 4.19. The zero-order chi connectivity index (χ0) is 15.4. The van der Waals surface area contributed by atoms with Crippen molar-refractivity contribution < 1.29 is 14.7 Å². The molecule has 1 aliphatic heterocycles. The number of nitrogens with one attached hydrogen (secondary N) is 1. The number of hydrogen-bond donors (Lipinski definition) is 2. The second-order valence-electron chi connectivity index (χ2n) is 6.74. The summed E-state index contributed by atoms with van der Waals surface area (Å²) in [6.45, 7) is 5.06. The van der Waals surface area contributed by atoms with Gasteiger partial charge in [0.1, 0.15) is 0 Å². The van der Waals surface area contributed by atoms with Crippen LogP contribution in [0, 0.1) is 11.8 Å². The Bertz CT molecular complexity index is 384. The van der Waals surface area contributed by atoms with Crippen LogP contribution in [0.15, 0.2) is 0 Å². The number of hydrogen-bond acceptors (Lipinski definition) is 3. The Hall–Kier alpha value is -1.10. The summed E-state index contributed by atoms with van der Waals surface area (Å²) < 4.78 is 0. The Balaban J connectivity index is 1.88. The zero-order valence-electron chi connectivity index (χ0n) is 13.2. The summed E-state index contributed by atoms with van der Waals surface area (Å²) in [6.07, 6.45) is 5.01. The fraction of sp³-hybridized carbons (Fsp3) is 0.875. The molecule has 0 bridgehead atoms. The number of carbonyl (C=O) groups is 2. The molecular weight excluding hydrogens is 268 g/mol. The predicted octanol–water partition coefficient (Wildman–Crippen LogP) is 1.30. The van der Waals surface area contributed by atoms with Gasteiger partial charge in [-0.05, 0) is 25.7 Å². The molecule has 1 saturated carbocycles. The van der Waals surface area contributed by atoms with Crippen LogP contribution in [0.4, 0.5) is 0 Å². The van der Waals surface area contributed by atoms with E-state index >= 15 is 0 Å². The van der Waals surface area contributed by atoms with E-state index in [1.165, 1.54) is 0 Å². The minimum atomic E-state index is -0.417. The van der Waals surface area contributed by atoms with Gasteiger partial charge in [-0.2, -0.15) is 0 Å². The molecule has 2 aliphatic rings. The van der Waals surface area contributed by atoms with Crippen molar-refractivity contribution in [3.8, 4) is 0 Å². The van der Waals surface area contributed by atoms with Crippen LogP contribution in [0.2, 0.25) is 0 Å². The summed E-state index contributed by atoms with van der Waals surface area (Å²) in [5.74, 6) is -0.0186. The van der Waals surface area contributed by atoms with Crippen LogP contribution in [0.1, 0.15) is 52.4 Å². The monoisotopic (exact) mass is 296 g/mol. The minimum absolute atomic E-state index is 0.00204. The Morgan fingerprint density at radius 1 is 1.14 bits per heavy atom. The Morgan fingerprint density at radius 3 is 2.52 bits per heavy atom. The lowest BCUT2D eigenvalue weighted by Crippen LogP contribution is -2.51. The molecule has 0 radical (unpaired) electrons. The van der Waals surface area contributed by atoms with Crippen LogP contribution in [-0.4, -0.2) is 47.1 Å². The molecule has 5 nitrogen and oxygen atoms in total. The number of piperidine rings is 1. The molecule has 0 aromatic rings. The summed E-state index contributed by atoms with van der Waals surface area (Å²) >= 11 is 0. The van der Waals surface area contributed by atoms with Gasteiger partial charge in [0, 0.05) is 19.0 Å². The van der Waals surface area contributed by atoms with Crippen LogP contribution >= 0.6 is 0 Å². The SMILES string of the molecule is CC(C)C(=O)N1CCCC(C(=O)NC2CCCCC2O)C1. The second kappa shape index (κ2) is 7.25. The molecule has 0 aromatic carbocycles. The summed E-state index contributed by atoms with van der Waals surface area (Å²) in [6, 6.07) is -0.109. The van der Waals surface area contributed by atoms with Crippen LogP contribution in [0.5, 0.6) is 0 Å². The van der Waals surface area contributed by atoms with E-state index in [1.807, 2.05) is 18.7 Å². The number of carbonyl (C=O) groups excluding carboxylic acids is 2. The number of aliphatic hydroxyl groups excluding tert-OH is 1. The molecule has 2 N–H and O–H groups in total. The van der Waals surface area contributed by atoms with Crippen LogP contribution in [0.3, 0.4) is 0 Å². The molecule has 3 atom stereocenters. The molecule has 1 heterocycles. The average Bonchev–Trinajstić information content (AvgIpc) is 2.48. The largest absolute Gasteiger partial charge is 0.391 e. The van der Waals surface area contributed by atoms with Crippen molar-refractivity contribution in [2.75, 3.05) is 13.1 Å². The van der Waals surface area contributed by atoms with Crippen LogP contribution in [0.25, 0.3) is 0 Å². The second-order valence-corrected chi connectivity index (χ2v) is 6.74. The van der Waals surface area contributed by atoms with E-state index in [0.717, 1.165) is 45.1 Å². The van der Waals surface area contributed by atoms with Gasteiger partial charge in [-0.1, -0.05) is 26.7 Å². The normalized spacial score (nSPS) is 30.3. The van der Waals surface area contributed by atoms with Gasteiger partial charge in [-0.25, -0.2) is 0 Å². The van der Waals surface area contributed by atoms with E-state index in [9.17, 15) is 14.7 Å². The maximum Gasteiger partial charge on any atom is 0.225 e. The lowest BCUT2D eigenvalue weighted by atomic mass is 9.91. The van der Waals surface area contributed by atoms with Gasteiger partial charge in [0.15, 0.2) is 0 Å². The van der Waals surface area contributed by atoms with Crippen molar-refractivity contribution >= 4 is 11.8 Å². The van der Waals surface area contributed by atoms with E-state index in [2.05, 4.69) is 5.32 Å². The first-order chi connectivity index (χ1) is 9.99. The molecule has 1 saturated heterocycles. The molecule has 21 heavy (non-hydrogen) atoms. The van der Waals surface area contributed by atoms with Gasteiger partial charge in [-0.3, -0.25) is 9.59 Å². The number of nitrogens with zero attached hydrogens (tertiary/aromatic N) is 1. The molecular formula is C16H28N2O3. The minimum Gasteiger partial charge on any atom is -0.391 e. The summed E-state index contributed by atoms with van der Waals surface area (Å²) in [5, 5.41) is 13.0. The Labute approximate surface area is 127 Å². The highest BCUT2D eigenvalue weighted by atomic mass is 16.3. The Kier molecular flexibility index (Phi) is 5.62. The van der Waals surface area contributed by atoms with E-state index in [4.69, 9.17) is 0 Å². The summed E-state index contributed by atoms with van der Waals surface area (Å²) in [5.41, 5.74) is 0. The van der Waals surface area contributed by atoms with Gasteiger partial charge in [-0.15, -0.1) is 0 Å². The van der Waals surface area contributed by atoms with E-state index in [0.29, 0.717) is 6.54 Å². The first-order valence-corrected chi connectivity index (χ1v) is 8.26. The standard InChI is InChI=1S/C16H28N2O3/c1-11(2)16(21)18-9-5-6-12(10-18)15(20)17-13-7-3-4-8-14(13)19/h11-14,19H,3-10H2,1-2H3,(H,17,20). The average molecular weight is 296 g/mol. The smallest absolute Gasteiger partial charge is 0.225 e. The van der Waals surface area contributed by atoms with Gasteiger partial charge < -0.3 is 15.3 Å². The molecule has 3 unspecified atom stereocenters. The first kappa shape index (κ1) is 16.3. The van der Waals surface area contributed by atoms with Crippen molar-refractivity contribution in [2.24, 2.45) is 11.8 Å². The van der Waals surface area contributed by atoms with E-state index < -0.39 is 6.10 Å². The molecule has 5 heteroatoms. The zero-order valence-corrected chi connectivity index (χ0v) is 13.2. The number of aliphatic hydroxyl groups is 1. The molecule has 0 aromatic heterocycles. The highest BCUT2D eigenvalue weighted by Crippen LogP contribution is 2.22. The first-order valence-electron chi connectivity index (χ1n) is 8.26. The third-order valence-corrected chi connectivity index (χ3v) is 4.65. The third-order valence-electron chi connectivity index (χ3n) is 4.65. The van der Waals surface area contributed by atoms with Crippen molar-refractivity contribution in [2.45, 2.75) is 64.5 Å². The highest BCUT2D eigenvalue weighted by molar-refractivity contribution is 5.82. The molecule has 1 aliphatic carbocycles. The maximum atomic E-state index is 12.4. The number of amides is 2. The lowest BCUT2D eigenvalue weighted by molar-refractivity contribution is -0.138. The maximum absolute atomic E-state index is 12.4. The van der Waals surface area contributed by atoms with Gasteiger partial charge in [0.25, 0.3) is 0 Å². The van der Waals surface area contributed by atoms with E-state index in [-0.39, 0.29) is 29.7 Å². The van der Waals surface area contributed by atoms with Crippen molar-refractivity contribution in [3.63, 3.8) is 0 Å². The van der Waals surface area contributed by atoms with Crippen molar-refractivity contribution in [3.05, 3.63) is 0 Å². The van der Waals surface area contributed by atoms with Crippen LogP contribution in [-0.2, 0) is 9.59 Å². The number of likely N-dealkylation sites (tertiary alicyclic amines) is 1. The van der Waals surface area contributed by atoms with Crippen molar-refractivity contribution in [1.29, 1.82) is 0 Å².